The Hall–Kier alpha value is -4.47. The molecule has 0 radical (unpaired) electrons. The highest BCUT2D eigenvalue weighted by atomic mass is 32.2. The van der Waals surface area contributed by atoms with Crippen molar-refractivity contribution in [1.82, 2.24) is 24.4 Å². The molecule has 3 aromatic heterocycles. The molecule has 216 valence electrons. The smallest absolute Gasteiger partial charge is 0.291 e. The number of benzene rings is 3. The van der Waals surface area contributed by atoms with Gasteiger partial charge >= 0.3 is 0 Å². The molecule has 0 unspecified atom stereocenters. The fourth-order valence-electron chi connectivity index (χ4n) is 4.55. The van der Waals surface area contributed by atoms with Crippen molar-refractivity contribution in [3.8, 4) is 22.7 Å². The van der Waals surface area contributed by atoms with Gasteiger partial charge in [0.25, 0.3) is 5.56 Å². The first kappa shape index (κ1) is 28.6. The van der Waals surface area contributed by atoms with Gasteiger partial charge in [0.15, 0.2) is 5.82 Å². The van der Waals surface area contributed by atoms with Gasteiger partial charge in [-0.3, -0.25) is 4.79 Å². The van der Waals surface area contributed by atoms with Crippen molar-refractivity contribution in [3.63, 3.8) is 0 Å². The second kappa shape index (κ2) is 13.2. The number of hydrogen-bond acceptors (Lipinski definition) is 7. The van der Waals surface area contributed by atoms with E-state index in [4.69, 9.17) is 9.84 Å². The van der Waals surface area contributed by atoms with Crippen LogP contribution in [0.5, 0.6) is 5.75 Å². The fraction of sp³-hybridized carbons (Fsp3) is 0.176. The van der Waals surface area contributed by atoms with Crippen molar-refractivity contribution in [3.05, 3.63) is 117 Å². The summed E-state index contributed by atoms with van der Waals surface area (Å²) in [5.41, 5.74) is 4.39. The van der Waals surface area contributed by atoms with E-state index in [2.05, 4.69) is 48.2 Å². The van der Waals surface area contributed by atoms with Gasteiger partial charge in [-0.15, -0.1) is 16.9 Å². The van der Waals surface area contributed by atoms with Crippen LogP contribution in [0.1, 0.15) is 43.6 Å². The molecule has 7 nitrogen and oxygen atoms in total. The van der Waals surface area contributed by atoms with E-state index in [1.807, 2.05) is 83.7 Å². The molecule has 0 bridgehead atoms. The van der Waals surface area contributed by atoms with E-state index < -0.39 is 0 Å². The van der Waals surface area contributed by atoms with Crippen LogP contribution in [0.3, 0.4) is 0 Å². The third kappa shape index (κ3) is 6.63. The molecular formula is C34H31N5O2S2. The molecule has 0 aliphatic rings. The van der Waals surface area contributed by atoms with Crippen molar-refractivity contribution in [2.24, 2.45) is 0 Å². The summed E-state index contributed by atoms with van der Waals surface area (Å²) >= 11 is 3.12. The zero-order chi connectivity index (χ0) is 29.6. The Balaban J connectivity index is 1.29. The predicted molar refractivity (Wildman–Crippen MR) is 177 cm³/mol. The molecule has 0 atom stereocenters. The molecule has 0 N–H and O–H groups in total. The Morgan fingerprint density at radius 3 is 2.44 bits per heavy atom. The zero-order valence-corrected chi connectivity index (χ0v) is 25.6. The number of thioether (sulfide) groups is 1. The second-order valence-corrected chi connectivity index (χ2v) is 12.2. The molecule has 0 fully saturated rings. The molecule has 3 heterocycles. The third-order valence-corrected chi connectivity index (χ3v) is 8.61. The predicted octanol–water partition coefficient (Wildman–Crippen LogP) is 7.01. The molecule has 6 rings (SSSR count). The highest BCUT2D eigenvalue weighted by Gasteiger charge is 2.14. The molecule has 0 aliphatic carbocycles. The Morgan fingerprint density at radius 2 is 1.72 bits per heavy atom. The highest BCUT2D eigenvalue weighted by Crippen LogP contribution is 2.27. The number of fused-ring (bicyclic) bond motifs is 1. The van der Waals surface area contributed by atoms with Crippen LogP contribution >= 0.6 is 23.1 Å². The monoisotopic (exact) mass is 605 g/mol. The van der Waals surface area contributed by atoms with Crippen LogP contribution in [-0.2, 0) is 0 Å². The molecule has 0 amide bonds. The average molecular weight is 606 g/mol. The lowest BCUT2D eigenvalue weighted by molar-refractivity contribution is 0.309. The van der Waals surface area contributed by atoms with E-state index in [9.17, 15) is 4.79 Å². The standard InChI is InChI=1S/C34H31N5O2S2/c1-3-5-21-41-28-16-11-24(12-17-28)13-20-31-35-34-39(36-31)33(40)30(43-34)22-26-23-38(27-9-7-6-8-10-27)37-32(26)25-14-18-29(19-15-25)42-4-2/h6-20,22-23H,3-5,21H2,1-2H3/b20-13+,30-22-. The number of nitrogens with zero attached hydrogens (tertiary/aromatic N) is 5. The Bertz CT molecular complexity index is 1960. The average Bonchev–Trinajstić information content (AvgIpc) is 3.72. The maximum Gasteiger partial charge on any atom is 0.291 e. The normalized spacial score (nSPS) is 12.1. The fourth-order valence-corrected chi connectivity index (χ4v) is 6.11. The second-order valence-electron chi connectivity index (χ2n) is 9.86. The summed E-state index contributed by atoms with van der Waals surface area (Å²) in [6.45, 7) is 5.01. The first-order valence-corrected chi connectivity index (χ1v) is 16.1. The molecule has 0 spiro atoms. The van der Waals surface area contributed by atoms with Crippen LogP contribution < -0.4 is 14.8 Å². The zero-order valence-electron chi connectivity index (χ0n) is 24.0. The minimum Gasteiger partial charge on any atom is -0.494 e. The minimum atomic E-state index is -0.200. The van der Waals surface area contributed by atoms with Crippen molar-refractivity contribution in [1.29, 1.82) is 0 Å². The molecule has 3 aromatic carbocycles. The largest absolute Gasteiger partial charge is 0.494 e. The van der Waals surface area contributed by atoms with E-state index in [0.717, 1.165) is 59.0 Å². The molecule has 43 heavy (non-hydrogen) atoms. The number of hydrogen-bond donors (Lipinski definition) is 0. The van der Waals surface area contributed by atoms with Crippen molar-refractivity contribution in [2.45, 2.75) is 31.6 Å². The number of para-hydroxylation sites is 1. The van der Waals surface area contributed by atoms with Crippen molar-refractivity contribution < 1.29 is 4.74 Å². The van der Waals surface area contributed by atoms with Crippen molar-refractivity contribution >= 4 is 46.3 Å². The quantitative estimate of drug-likeness (QED) is 0.117. The summed E-state index contributed by atoms with van der Waals surface area (Å²) in [5, 5.41) is 9.38. The summed E-state index contributed by atoms with van der Waals surface area (Å²) in [7, 11) is 0. The van der Waals surface area contributed by atoms with Gasteiger partial charge in [-0.2, -0.15) is 14.6 Å². The molecule has 0 aliphatic heterocycles. The Labute approximate surface area is 258 Å². The molecular weight excluding hydrogens is 575 g/mol. The van der Waals surface area contributed by atoms with Crippen LogP contribution in [0.2, 0.25) is 0 Å². The van der Waals surface area contributed by atoms with Gasteiger partial charge in [-0.25, -0.2) is 4.68 Å². The highest BCUT2D eigenvalue weighted by molar-refractivity contribution is 7.99. The van der Waals surface area contributed by atoms with Gasteiger partial charge in [-0.1, -0.05) is 80.1 Å². The number of thiazole rings is 1. The van der Waals surface area contributed by atoms with Gasteiger partial charge in [0.05, 0.1) is 22.5 Å². The first-order valence-electron chi connectivity index (χ1n) is 14.3. The lowest BCUT2D eigenvalue weighted by atomic mass is 10.1. The molecule has 9 heteroatoms. The summed E-state index contributed by atoms with van der Waals surface area (Å²) < 4.78 is 9.51. The SMILES string of the molecule is CCCCOc1ccc(/C=C/c2nc3s/c(=C\c4cn(-c5ccccc5)nc4-c4ccc(SCC)cc4)c(=O)n3n2)cc1. The van der Waals surface area contributed by atoms with E-state index >= 15 is 0 Å². The molecule has 0 saturated heterocycles. The number of unbranched alkanes of at least 4 members (excludes halogenated alkanes) is 1. The van der Waals surface area contributed by atoms with E-state index in [-0.39, 0.29) is 5.56 Å². The summed E-state index contributed by atoms with van der Waals surface area (Å²) in [6.07, 6.45) is 9.74. The van der Waals surface area contributed by atoms with E-state index in [1.54, 1.807) is 11.8 Å². The topological polar surface area (TPSA) is 74.3 Å². The van der Waals surface area contributed by atoms with E-state index in [1.165, 1.54) is 20.7 Å². The Morgan fingerprint density at radius 1 is 0.930 bits per heavy atom. The summed E-state index contributed by atoms with van der Waals surface area (Å²) in [6, 6.07) is 26.3. The lowest BCUT2D eigenvalue weighted by Gasteiger charge is -2.04. The Kier molecular flexibility index (Phi) is 8.81. The van der Waals surface area contributed by atoms with Gasteiger partial charge in [0, 0.05) is 22.2 Å². The van der Waals surface area contributed by atoms with E-state index in [0.29, 0.717) is 15.3 Å². The number of ether oxygens (including phenoxy) is 1. The van der Waals surface area contributed by atoms with Crippen LogP contribution in [0.25, 0.3) is 40.1 Å². The minimum absolute atomic E-state index is 0.200. The van der Waals surface area contributed by atoms with Gasteiger partial charge < -0.3 is 4.74 Å². The summed E-state index contributed by atoms with van der Waals surface area (Å²) in [5.74, 6) is 2.36. The summed E-state index contributed by atoms with van der Waals surface area (Å²) in [4.78, 5) is 19.7. The van der Waals surface area contributed by atoms with Crippen LogP contribution in [-0.4, -0.2) is 36.7 Å². The van der Waals surface area contributed by atoms with Gasteiger partial charge in [-0.05, 0) is 66.3 Å². The molecule has 6 aromatic rings. The van der Waals surface area contributed by atoms with Crippen LogP contribution in [0.4, 0.5) is 0 Å². The first-order chi connectivity index (χ1) is 21.1. The van der Waals surface area contributed by atoms with Crippen LogP contribution in [0, 0.1) is 0 Å². The van der Waals surface area contributed by atoms with Gasteiger partial charge in [0.1, 0.15) is 5.75 Å². The number of aromatic nitrogens is 5. The van der Waals surface area contributed by atoms with Crippen molar-refractivity contribution in [2.75, 3.05) is 12.4 Å². The lowest BCUT2D eigenvalue weighted by Crippen LogP contribution is -2.23. The number of rotatable bonds is 11. The van der Waals surface area contributed by atoms with Gasteiger partial charge in [0.2, 0.25) is 4.96 Å². The molecule has 0 saturated carbocycles. The van der Waals surface area contributed by atoms with Crippen LogP contribution in [0.15, 0.2) is 94.7 Å². The third-order valence-electron chi connectivity index (χ3n) is 6.76. The maximum absolute atomic E-state index is 13.4. The maximum atomic E-state index is 13.4.